The monoisotopic (exact) mass is 379 g/mol. The summed E-state index contributed by atoms with van der Waals surface area (Å²) >= 11 is 0. The van der Waals surface area contributed by atoms with Crippen molar-refractivity contribution in [3.8, 4) is 0 Å². The van der Waals surface area contributed by atoms with Gasteiger partial charge in [-0.15, -0.1) is 0 Å². The van der Waals surface area contributed by atoms with Crippen LogP contribution >= 0.6 is 0 Å². The number of imide groups is 1. The molecule has 2 N–H and O–H groups in total. The van der Waals surface area contributed by atoms with Crippen molar-refractivity contribution in [3.05, 3.63) is 70.8 Å². The van der Waals surface area contributed by atoms with Crippen LogP contribution in [0.5, 0.6) is 0 Å². The van der Waals surface area contributed by atoms with Gasteiger partial charge in [0.25, 0.3) is 5.91 Å². The van der Waals surface area contributed by atoms with E-state index in [9.17, 15) is 19.2 Å². The van der Waals surface area contributed by atoms with E-state index in [1.54, 1.807) is 54.4 Å². The molecule has 1 aliphatic heterocycles. The standard InChI is InChI=1S/C21H21N3O4/c1-23(12-15-3-2-4-17(11-15)20(22)27)21(28)16-7-5-14(6-8-16)13-24-18(25)9-10-19(24)26/h2-8,11H,9-10,12-13H2,1H3,(H2,22,27). The molecule has 1 heterocycles. The molecule has 28 heavy (non-hydrogen) atoms. The summed E-state index contributed by atoms with van der Waals surface area (Å²) in [5, 5.41) is 0. The van der Waals surface area contributed by atoms with Crippen LogP contribution in [0.25, 0.3) is 0 Å². The first-order valence-electron chi connectivity index (χ1n) is 8.91. The maximum Gasteiger partial charge on any atom is 0.253 e. The van der Waals surface area contributed by atoms with E-state index >= 15 is 0 Å². The molecular formula is C21H21N3O4. The van der Waals surface area contributed by atoms with Crippen LogP contribution in [0.1, 0.15) is 44.7 Å². The van der Waals surface area contributed by atoms with E-state index < -0.39 is 5.91 Å². The highest BCUT2D eigenvalue weighted by Gasteiger charge is 2.28. The molecule has 3 rings (SSSR count). The molecule has 0 atom stereocenters. The molecule has 7 heteroatoms. The highest BCUT2D eigenvalue weighted by Crippen LogP contribution is 2.17. The lowest BCUT2D eigenvalue weighted by Crippen LogP contribution is -2.28. The number of rotatable bonds is 6. The third kappa shape index (κ3) is 4.25. The van der Waals surface area contributed by atoms with E-state index in [1.807, 2.05) is 6.07 Å². The van der Waals surface area contributed by atoms with Crippen molar-refractivity contribution in [2.24, 2.45) is 5.73 Å². The molecular weight excluding hydrogens is 358 g/mol. The van der Waals surface area contributed by atoms with Gasteiger partial charge in [-0.3, -0.25) is 24.1 Å². The summed E-state index contributed by atoms with van der Waals surface area (Å²) in [4.78, 5) is 50.1. The lowest BCUT2D eigenvalue weighted by molar-refractivity contribution is -0.139. The Morgan fingerprint density at radius 1 is 0.964 bits per heavy atom. The van der Waals surface area contributed by atoms with Crippen LogP contribution in [0, 0.1) is 0 Å². The van der Waals surface area contributed by atoms with E-state index in [-0.39, 0.29) is 37.1 Å². The summed E-state index contributed by atoms with van der Waals surface area (Å²) < 4.78 is 0. The molecule has 1 saturated heterocycles. The molecule has 2 aromatic rings. The molecule has 0 saturated carbocycles. The summed E-state index contributed by atoms with van der Waals surface area (Å²) in [5.74, 6) is -1.02. The van der Waals surface area contributed by atoms with Gasteiger partial charge in [-0.25, -0.2) is 0 Å². The fourth-order valence-corrected chi connectivity index (χ4v) is 3.12. The zero-order valence-electron chi connectivity index (χ0n) is 15.6. The number of primary amides is 1. The summed E-state index contributed by atoms with van der Waals surface area (Å²) in [6.45, 7) is 0.556. The molecule has 0 aliphatic carbocycles. The topological polar surface area (TPSA) is 101 Å². The molecule has 1 fully saturated rings. The number of likely N-dealkylation sites (tertiary alicyclic amines) is 1. The van der Waals surface area contributed by atoms with Crippen LogP contribution in [-0.2, 0) is 22.7 Å². The van der Waals surface area contributed by atoms with E-state index in [2.05, 4.69) is 0 Å². The number of nitrogens with zero attached hydrogens (tertiary/aromatic N) is 2. The summed E-state index contributed by atoms with van der Waals surface area (Å²) in [6, 6.07) is 13.7. The minimum atomic E-state index is -0.513. The molecule has 144 valence electrons. The van der Waals surface area contributed by atoms with E-state index in [0.29, 0.717) is 17.7 Å². The molecule has 4 amide bonds. The number of carbonyl (C=O) groups excluding carboxylic acids is 4. The Bertz CT molecular complexity index is 921. The van der Waals surface area contributed by atoms with Crippen molar-refractivity contribution in [2.75, 3.05) is 7.05 Å². The fraction of sp³-hybridized carbons (Fsp3) is 0.238. The second-order valence-electron chi connectivity index (χ2n) is 6.80. The van der Waals surface area contributed by atoms with Gasteiger partial charge in [0.1, 0.15) is 0 Å². The van der Waals surface area contributed by atoms with E-state index in [4.69, 9.17) is 5.73 Å². The molecule has 7 nitrogen and oxygen atoms in total. The summed E-state index contributed by atoms with van der Waals surface area (Å²) in [5.41, 5.74) is 7.77. The Balaban J connectivity index is 1.65. The number of nitrogens with two attached hydrogens (primary N) is 1. The molecule has 0 radical (unpaired) electrons. The van der Waals surface area contributed by atoms with Crippen LogP contribution in [0.2, 0.25) is 0 Å². The second kappa shape index (κ2) is 8.04. The van der Waals surface area contributed by atoms with E-state index in [1.165, 1.54) is 4.90 Å². The van der Waals surface area contributed by atoms with Crippen LogP contribution < -0.4 is 5.73 Å². The minimum Gasteiger partial charge on any atom is -0.366 e. The van der Waals surface area contributed by atoms with Gasteiger partial charge in [0.15, 0.2) is 0 Å². The largest absolute Gasteiger partial charge is 0.366 e. The Kier molecular flexibility index (Phi) is 5.54. The van der Waals surface area contributed by atoms with Crippen molar-refractivity contribution < 1.29 is 19.2 Å². The van der Waals surface area contributed by atoms with Crippen LogP contribution in [0.3, 0.4) is 0 Å². The summed E-state index contributed by atoms with van der Waals surface area (Å²) in [6.07, 6.45) is 0.522. The van der Waals surface area contributed by atoms with Crippen molar-refractivity contribution in [3.63, 3.8) is 0 Å². The molecule has 0 spiro atoms. The smallest absolute Gasteiger partial charge is 0.253 e. The highest BCUT2D eigenvalue weighted by molar-refractivity contribution is 6.01. The first-order chi connectivity index (χ1) is 13.3. The molecule has 0 bridgehead atoms. The van der Waals surface area contributed by atoms with Crippen molar-refractivity contribution in [2.45, 2.75) is 25.9 Å². The maximum absolute atomic E-state index is 12.6. The van der Waals surface area contributed by atoms with Gasteiger partial charge >= 0.3 is 0 Å². The van der Waals surface area contributed by atoms with Gasteiger partial charge in [-0.05, 0) is 35.4 Å². The number of hydrogen-bond donors (Lipinski definition) is 1. The zero-order chi connectivity index (χ0) is 20.3. The minimum absolute atomic E-state index is 0.164. The van der Waals surface area contributed by atoms with Gasteiger partial charge in [0, 0.05) is 37.6 Å². The fourth-order valence-electron chi connectivity index (χ4n) is 3.12. The number of carbonyl (C=O) groups is 4. The van der Waals surface area contributed by atoms with Crippen molar-refractivity contribution in [1.29, 1.82) is 0 Å². The maximum atomic E-state index is 12.6. The predicted octanol–water partition coefficient (Wildman–Crippen LogP) is 1.71. The average Bonchev–Trinajstić information content (AvgIpc) is 3.00. The Labute approximate surface area is 162 Å². The van der Waals surface area contributed by atoms with Crippen LogP contribution in [0.15, 0.2) is 48.5 Å². The normalized spacial score (nSPS) is 13.7. The van der Waals surface area contributed by atoms with Gasteiger partial charge in [0.05, 0.1) is 6.54 Å². The molecule has 1 aliphatic rings. The third-order valence-electron chi connectivity index (χ3n) is 4.67. The SMILES string of the molecule is CN(Cc1cccc(C(N)=O)c1)C(=O)c1ccc(CN2C(=O)CCC2=O)cc1. The van der Waals surface area contributed by atoms with Gasteiger partial charge < -0.3 is 10.6 Å². The molecule has 2 aromatic carbocycles. The zero-order valence-corrected chi connectivity index (χ0v) is 15.6. The van der Waals surface area contributed by atoms with Gasteiger partial charge in [-0.2, -0.15) is 0 Å². The predicted molar refractivity (Wildman–Crippen MR) is 102 cm³/mol. The number of hydrogen-bond acceptors (Lipinski definition) is 4. The first kappa shape index (κ1) is 19.3. The first-order valence-corrected chi connectivity index (χ1v) is 8.91. The van der Waals surface area contributed by atoms with Crippen molar-refractivity contribution in [1.82, 2.24) is 9.80 Å². The lowest BCUT2D eigenvalue weighted by Gasteiger charge is -2.18. The summed E-state index contributed by atoms with van der Waals surface area (Å²) in [7, 11) is 1.68. The van der Waals surface area contributed by atoms with E-state index in [0.717, 1.165) is 11.1 Å². The van der Waals surface area contributed by atoms with Gasteiger partial charge in [-0.1, -0.05) is 24.3 Å². The second-order valence-corrected chi connectivity index (χ2v) is 6.80. The van der Waals surface area contributed by atoms with Crippen molar-refractivity contribution >= 4 is 23.6 Å². The average molecular weight is 379 g/mol. The quantitative estimate of drug-likeness (QED) is 0.772. The Hall–Kier alpha value is -3.48. The Morgan fingerprint density at radius 3 is 2.21 bits per heavy atom. The number of benzene rings is 2. The Morgan fingerprint density at radius 2 is 1.61 bits per heavy atom. The van der Waals surface area contributed by atoms with Gasteiger partial charge in [0.2, 0.25) is 17.7 Å². The van der Waals surface area contributed by atoms with Crippen LogP contribution in [-0.4, -0.2) is 40.5 Å². The van der Waals surface area contributed by atoms with Crippen LogP contribution in [0.4, 0.5) is 0 Å². The lowest BCUT2D eigenvalue weighted by atomic mass is 10.1. The highest BCUT2D eigenvalue weighted by atomic mass is 16.2. The molecule has 0 aromatic heterocycles. The third-order valence-corrected chi connectivity index (χ3v) is 4.67. The number of amides is 4. The molecule has 0 unspecified atom stereocenters.